The number of para-hydroxylation sites is 1. The first kappa shape index (κ1) is 37.2. The Balaban J connectivity index is 1.34. The zero-order chi connectivity index (χ0) is 36.0. The van der Waals surface area contributed by atoms with Crippen LogP contribution in [0, 0.1) is 0 Å². The number of phenolic OH excluding ortho intramolecular Hbond substituents is 1. The standard InChI is InChI=1S/C37H44N4O7S2/c1-37(2)33(35(47)40-31-25-15-9-7-13-23(25)18-29(31)43)41(21-50-37)36(48)32(45)26(17-22-11-5-4-6-12-22)39-34(46)27(20-49-3)38-30(44)19-24-14-8-10-16-28(24)42/h4-16,26-27,29,31-33,42-43,45H,17-21H2,1-3H3,(H,38,44)(H,39,46)(H,40,47)/t26-,27-,29+,31-,32-,33+/m0/s1. The Morgan fingerprint density at radius 3 is 2.38 bits per heavy atom. The topological polar surface area (TPSA) is 168 Å². The van der Waals surface area contributed by atoms with Gasteiger partial charge in [-0.1, -0.05) is 72.8 Å². The zero-order valence-electron chi connectivity index (χ0n) is 28.2. The lowest BCUT2D eigenvalue weighted by atomic mass is 9.96. The third-order valence-corrected chi connectivity index (χ3v) is 11.2. The normalized spacial score (nSPS) is 21.1. The molecule has 266 valence electrons. The summed E-state index contributed by atoms with van der Waals surface area (Å²) in [7, 11) is 0. The van der Waals surface area contributed by atoms with E-state index in [1.54, 1.807) is 24.5 Å². The fourth-order valence-corrected chi connectivity index (χ4v) is 8.26. The predicted octanol–water partition coefficient (Wildman–Crippen LogP) is 2.33. The van der Waals surface area contributed by atoms with Crippen molar-refractivity contribution < 1.29 is 34.5 Å². The number of carbonyl (C=O) groups excluding carboxylic acids is 4. The van der Waals surface area contributed by atoms with Gasteiger partial charge in [0.05, 0.1) is 30.5 Å². The van der Waals surface area contributed by atoms with Crippen LogP contribution in [0.1, 0.15) is 42.1 Å². The number of nitrogens with one attached hydrogen (secondary N) is 3. The number of amides is 4. The average molecular weight is 721 g/mol. The van der Waals surface area contributed by atoms with Crippen LogP contribution in [0.25, 0.3) is 0 Å². The molecule has 6 atom stereocenters. The molecule has 0 aromatic heterocycles. The first-order chi connectivity index (χ1) is 23.9. The van der Waals surface area contributed by atoms with E-state index in [0.717, 1.165) is 16.7 Å². The smallest absolute Gasteiger partial charge is 0.254 e. The molecule has 1 heterocycles. The van der Waals surface area contributed by atoms with Crippen LogP contribution in [-0.4, -0.2) is 96.8 Å². The van der Waals surface area contributed by atoms with Gasteiger partial charge in [-0.25, -0.2) is 0 Å². The number of hydrogen-bond acceptors (Lipinski definition) is 9. The van der Waals surface area contributed by atoms with E-state index in [1.807, 2.05) is 68.4 Å². The monoisotopic (exact) mass is 720 g/mol. The number of aromatic hydroxyl groups is 1. The summed E-state index contributed by atoms with van der Waals surface area (Å²) in [5.41, 5.74) is 2.94. The highest BCUT2D eigenvalue weighted by Gasteiger charge is 2.51. The molecule has 1 aliphatic heterocycles. The second-order valence-electron chi connectivity index (χ2n) is 13.2. The molecular formula is C37H44N4O7S2. The molecular weight excluding hydrogens is 677 g/mol. The number of rotatable bonds is 13. The van der Waals surface area contributed by atoms with E-state index < -0.39 is 64.8 Å². The number of nitrogens with zero attached hydrogens (tertiary/aromatic N) is 1. The van der Waals surface area contributed by atoms with E-state index in [2.05, 4.69) is 16.0 Å². The highest BCUT2D eigenvalue weighted by Crippen LogP contribution is 2.41. The molecule has 6 N–H and O–H groups in total. The van der Waals surface area contributed by atoms with Crippen LogP contribution in [0.2, 0.25) is 0 Å². The molecule has 1 fully saturated rings. The number of benzene rings is 3. The summed E-state index contributed by atoms with van der Waals surface area (Å²) in [6, 6.07) is 19.4. The van der Waals surface area contributed by atoms with Crippen LogP contribution in [0.15, 0.2) is 78.9 Å². The van der Waals surface area contributed by atoms with E-state index in [0.29, 0.717) is 12.0 Å². The summed E-state index contributed by atoms with van der Waals surface area (Å²) < 4.78 is -0.721. The lowest BCUT2D eigenvalue weighted by Crippen LogP contribution is -2.60. The molecule has 1 saturated heterocycles. The summed E-state index contributed by atoms with van der Waals surface area (Å²) in [6.07, 6.45) is -0.399. The Kier molecular flexibility index (Phi) is 12.2. The van der Waals surface area contributed by atoms with Crippen LogP contribution in [0.4, 0.5) is 0 Å². The van der Waals surface area contributed by atoms with Crippen LogP contribution in [-0.2, 0) is 38.4 Å². The van der Waals surface area contributed by atoms with Gasteiger partial charge in [-0.3, -0.25) is 19.2 Å². The van der Waals surface area contributed by atoms with Gasteiger partial charge in [-0.05, 0) is 49.3 Å². The molecule has 1 aliphatic carbocycles. The molecule has 0 bridgehead atoms. The van der Waals surface area contributed by atoms with Gasteiger partial charge in [0.2, 0.25) is 17.7 Å². The van der Waals surface area contributed by atoms with Gasteiger partial charge in [0, 0.05) is 22.5 Å². The minimum atomic E-state index is -1.73. The molecule has 11 nitrogen and oxygen atoms in total. The zero-order valence-corrected chi connectivity index (χ0v) is 29.9. The number of carbonyl (C=O) groups is 4. The summed E-state index contributed by atoms with van der Waals surface area (Å²) >= 11 is 2.74. The van der Waals surface area contributed by atoms with Crippen molar-refractivity contribution in [3.05, 3.63) is 101 Å². The van der Waals surface area contributed by atoms with Gasteiger partial charge in [-0.15, -0.1) is 11.8 Å². The van der Waals surface area contributed by atoms with Crippen LogP contribution >= 0.6 is 23.5 Å². The van der Waals surface area contributed by atoms with Crippen molar-refractivity contribution in [2.24, 2.45) is 0 Å². The van der Waals surface area contributed by atoms with Crippen LogP contribution in [0.5, 0.6) is 5.75 Å². The van der Waals surface area contributed by atoms with Crippen molar-refractivity contribution in [3.63, 3.8) is 0 Å². The van der Waals surface area contributed by atoms with Crippen molar-refractivity contribution >= 4 is 47.2 Å². The van der Waals surface area contributed by atoms with Gasteiger partial charge in [0.1, 0.15) is 17.8 Å². The Morgan fingerprint density at radius 1 is 0.980 bits per heavy atom. The second-order valence-corrected chi connectivity index (χ2v) is 15.7. The summed E-state index contributed by atoms with van der Waals surface area (Å²) in [5.74, 6) is -1.91. The SMILES string of the molecule is CSC[C@H](NC(=O)Cc1ccccc1O)C(=O)N[C@@H](Cc1ccccc1)[C@H](O)C(=O)N1CSC(C)(C)[C@H]1C(=O)N[C@H]1c2ccccc2C[C@H]1O. The number of hydrogen-bond donors (Lipinski definition) is 6. The maximum atomic E-state index is 14.2. The third kappa shape index (κ3) is 8.63. The van der Waals surface area contributed by atoms with Crippen molar-refractivity contribution in [3.8, 4) is 5.75 Å². The Labute approximate surface area is 300 Å². The number of phenols is 1. The lowest BCUT2D eigenvalue weighted by Gasteiger charge is -2.34. The first-order valence-corrected chi connectivity index (χ1v) is 18.9. The molecule has 2 aliphatic rings. The fraction of sp³-hybridized carbons (Fsp3) is 0.405. The molecule has 50 heavy (non-hydrogen) atoms. The van der Waals surface area contributed by atoms with Crippen LogP contribution < -0.4 is 16.0 Å². The van der Waals surface area contributed by atoms with Crippen molar-refractivity contribution in [2.75, 3.05) is 17.9 Å². The molecule has 0 saturated carbocycles. The molecule has 4 amide bonds. The van der Waals surface area contributed by atoms with E-state index in [-0.39, 0.29) is 30.2 Å². The van der Waals surface area contributed by atoms with Crippen molar-refractivity contribution in [1.82, 2.24) is 20.9 Å². The largest absolute Gasteiger partial charge is 0.508 e. The molecule has 3 aromatic carbocycles. The van der Waals surface area contributed by atoms with Crippen molar-refractivity contribution in [1.29, 1.82) is 0 Å². The number of fused-ring (bicyclic) bond motifs is 1. The van der Waals surface area contributed by atoms with Gasteiger partial charge in [-0.2, -0.15) is 11.8 Å². The van der Waals surface area contributed by atoms with Gasteiger partial charge in [0.15, 0.2) is 6.10 Å². The first-order valence-electron chi connectivity index (χ1n) is 16.5. The Hall–Kier alpha value is -4.04. The maximum Gasteiger partial charge on any atom is 0.254 e. The summed E-state index contributed by atoms with van der Waals surface area (Å²) in [5, 5.41) is 41.1. The Bertz CT molecular complexity index is 1690. The average Bonchev–Trinajstić information content (AvgIpc) is 3.59. The number of thioether (sulfide) groups is 2. The third-order valence-electron chi connectivity index (χ3n) is 9.17. The number of aliphatic hydroxyl groups excluding tert-OH is 2. The van der Waals surface area contributed by atoms with Crippen LogP contribution in [0.3, 0.4) is 0 Å². The fourth-order valence-electron chi connectivity index (χ4n) is 6.56. The minimum Gasteiger partial charge on any atom is -0.508 e. The summed E-state index contributed by atoms with van der Waals surface area (Å²) in [6.45, 7) is 3.71. The highest BCUT2D eigenvalue weighted by molar-refractivity contribution is 8.00. The highest BCUT2D eigenvalue weighted by atomic mass is 32.2. The van der Waals surface area contributed by atoms with Gasteiger partial charge in [0.25, 0.3) is 5.91 Å². The molecule has 13 heteroatoms. The Morgan fingerprint density at radius 2 is 1.66 bits per heavy atom. The molecule has 5 rings (SSSR count). The second kappa shape index (κ2) is 16.3. The van der Waals surface area contributed by atoms with Crippen molar-refractivity contribution in [2.45, 2.75) is 74.2 Å². The van der Waals surface area contributed by atoms with E-state index in [9.17, 15) is 34.5 Å². The van der Waals surface area contributed by atoms with Gasteiger partial charge >= 0.3 is 0 Å². The molecule has 0 unspecified atom stereocenters. The predicted molar refractivity (Wildman–Crippen MR) is 194 cm³/mol. The lowest BCUT2D eigenvalue weighted by molar-refractivity contribution is -0.148. The minimum absolute atomic E-state index is 0.0300. The maximum absolute atomic E-state index is 14.2. The van der Waals surface area contributed by atoms with E-state index in [1.165, 1.54) is 34.5 Å². The molecule has 0 spiro atoms. The molecule has 0 radical (unpaired) electrons. The molecule has 3 aromatic rings. The van der Waals surface area contributed by atoms with E-state index in [4.69, 9.17) is 0 Å². The van der Waals surface area contributed by atoms with E-state index >= 15 is 0 Å². The van der Waals surface area contributed by atoms with Gasteiger partial charge < -0.3 is 36.2 Å². The summed E-state index contributed by atoms with van der Waals surface area (Å²) in [4.78, 5) is 56.1. The number of aliphatic hydroxyl groups is 2. The quantitative estimate of drug-likeness (QED) is 0.155.